The molecule has 0 aliphatic carbocycles. The Labute approximate surface area is 94.5 Å². The summed E-state index contributed by atoms with van der Waals surface area (Å²) in [4.78, 5) is 0. The average Bonchev–Trinajstić information content (AvgIpc) is 2.39. The van der Waals surface area contributed by atoms with Gasteiger partial charge in [0.25, 0.3) is 0 Å². The van der Waals surface area contributed by atoms with Gasteiger partial charge in [-0.3, -0.25) is 0 Å². The Morgan fingerprint density at radius 2 is 1.94 bits per heavy atom. The molecule has 0 aromatic heterocycles. The van der Waals surface area contributed by atoms with Crippen molar-refractivity contribution in [1.82, 2.24) is 5.32 Å². The molecule has 1 fully saturated rings. The van der Waals surface area contributed by atoms with Crippen molar-refractivity contribution in [3.63, 3.8) is 0 Å². The fourth-order valence-electron chi connectivity index (χ4n) is 2.06. The maximum absolute atomic E-state index is 5.56. The van der Waals surface area contributed by atoms with E-state index in [1.54, 1.807) is 0 Å². The van der Waals surface area contributed by atoms with E-state index in [2.05, 4.69) is 11.4 Å². The van der Waals surface area contributed by atoms with Gasteiger partial charge in [-0.15, -0.1) is 0 Å². The highest BCUT2D eigenvalue weighted by molar-refractivity contribution is 5.44. The van der Waals surface area contributed by atoms with E-state index in [0.717, 1.165) is 31.3 Å². The summed E-state index contributed by atoms with van der Waals surface area (Å²) in [5.74, 6) is 1.68. The van der Waals surface area contributed by atoms with Crippen molar-refractivity contribution >= 4 is 0 Å². The molecule has 86 valence electrons. The van der Waals surface area contributed by atoms with Gasteiger partial charge < -0.3 is 19.5 Å². The van der Waals surface area contributed by atoms with Gasteiger partial charge in [-0.2, -0.15) is 0 Å². The Kier molecular flexibility index (Phi) is 2.68. The van der Waals surface area contributed by atoms with Crippen LogP contribution in [0.15, 0.2) is 18.2 Å². The molecule has 16 heavy (non-hydrogen) atoms. The van der Waals surface area contributed by atoms with Crippen LogP contribution in [0.3, 0.4) is 0 Å². The zero-order chi connectivity index (χ0) is 10.8. The van der Waals surface area contributed by atoms with Gasteiger partial charge in [-0.05, 0) is 17.7 Å². The molecule has 1 unspecified atom stereocenters. The molecule has 1 atom stereocenters. The third kappa shape index (κ3) is 1.86. The lowest BCUT2D eigenvalue weighted by Gasteiger charge is -2.26. The van der Waals surface area contributed by atoms with Crippen molar-refractivity contribution in [3.8, 4) is 11.5 Å². The van der Waals surface area contributed by atoms with Crippen LogP contribution >= 0.6 is 0 Å². The molecular formula is C12H15NO3. The predicted molar refractivity (Wildman–Crippen MR) is 59.0 cm³/mol. The molecule has 0 amide bonds. The van der Waals surface area contributed by atoms with E-state index in [1.807, 2.05) is 12.1 Å². The van der Waals surface area contributed by atoms with Crippen LogP contribution in [0.2, 0.25) is 0 Å². The zero-order valence-corrected chi connectivity index (χ0v) is 9.07. The first kappa shape index (κ1) is 9.93. The summed E-state index contributed by atoms with van der Waals surface area (Å²) in [6.07, 6.45) is 0. The van der Waals surface area contributed by atoms with E-state index in [1.165, 1.54) is 5.56 Å². The topological polar surface area (TPSA) is 39.7 Å². The summed E-state index contributed by atoms with van der Waals surface area (Å²) in [5.41, 5.74) is 1.20. The molecule has 1 aromatic carbocycles. The van der Waals surface area contributed by atoms with Gasteiger partial charge in [0.05, 0.1) is 19.3 Å². The van der Waals surface area contributed by atoms with Crippen LogP contribution < -0.4 is 14.8 Å². The van der Waals surface area contributed by atoms with Crippen LogP contribution in [0, 0.1) is 0 Å². The van der Waals surface area contributed by atoms with Crippen LogP contribution in [0.1, 0.15) is 11.6 Å². The summed E-state index contributed by atoms with van der Waals surface area (Å²) in [7, 11) is 0. The molecule has 4 nitrogen and oxygen atoms in total. The first-order valence-corrected chi connectivity index (χ1v) is 5.64. The van der Waals surface area contributed by atoms with Crippen molar-refractivity contribution in [2.24, 2.45) is 0 Å². The van der Waals surface area contributed by atoms with E-state index in [4.69, 9.17) is 14.2 Å². The van der Waals surface area contributed by atoms with Gasteiger partial charge in [0.1, 0.15) is 13.2 Å². The first-order valence-electron chi connectivity index (χ1n) is 5.64. The number of hydrogen-bond donors (Lipinski definition) is 1. The molecule has 0 bridgehead atoms. The summed E-state index contributed by atoms with van der Waals surface area (Å²) in [5, 5.41) is 3.42. The SMILES string of the molecule is c1cc2c(cc1C1COCCN1)OCCO2. The number of nitrogens with one attached hydrogen (secondary N) is 1. The summed E-state index contributed by atoms with van der Waals surface area (Å²) >= 11 is 0. The molecule has 1 saturated heterocycles. The quantitative estimate of drug-likeness (QED) is 0.771. The molecule has 3 rings (SSSR count). The van der Waals surface area contributed by atoms with Gasteiger partial charge >= 0.3 is 0 Å². The molecular weight excluding hydrogens is 206 g/mol. The van der Waals surface area contributed by atoms with Crippen molar-refractivity contribution in [3.05, 3.63) is 23.8 Å². The van der Waals surface area contributed by atoms with E-state index in [0.29, 0.717) is 13.2 Å². The molecule has 1 N–H and O–H groups in total. The Balaban J connectivity index is 1.84. The summed E-state index contributed by atoms with van der Waals surface area (Å²) in [6.45, 7) is 3.68. The molecule has 1 aromatic rings. The van der Waals surface area contributed by atoms with Crippen LogP contribution in [0.4, 0.5) is 0 Å². The fraction of sp³-hybridized carbons (Fsp3) is 0.500. The number of morpholine rings is 1. The average molecular weight is 221 g/mol. The van der Waals surface area contributed by atoms with Crippen LogP contribution in [0.5, 0.6) is 11.5 Å². The van der Waals surface area contributed by atoms with Crippen LogP contribution in [0.25, 0.3) is 0 Å². The molecule has 2 aliphatic heterocycles. The maximum Gasteiger partial charge on any atom is 0.161 e. The number of fused-ring (bicyclic) bond motifs is 1. The number of ether oxygens (including phenoxy) is 3. The Morgan fingerprint density at radius 1 is 1.06 bits per heavy atom. The van der Waals surface area contributed by atoms with E-state index >= 15 is 0 Å². The maximum atomic E-state index is 5.56. The van der Waals surface area contributed by atoms with Crippen molar-refractivity contribution in [2.75, 3.05) is 33.0 Å². The first-order chi connectivity index (χ1) is 7.93. The second-order valence-corrected chi connectivity index (χ2v) is 3.98. The predicted octanol–water partition coefficient (Wildman–Crippen LogP) is 1.12. The fourth-order valence-corrected chi connectivity index (χ4v) is 2.06. The van der Waals surface area contributed by atoms with E-state index < -0.39 is 0 Å². The molecule has 0 spiro atoms. The van der Waals surface area contributed by atoms with Gasteiger partial charge in [0.2, 0.25) is 0 Å². The third-order valence-corrected chi connectivity index (χ3v) is 2.89. The zero-order valence-electron chi connectivity index (χ0n) is 9.07. The minimum Gasteiger partial charge on any atom is -0.486 e. The van der Waals surface area contributed by atoms with Crippen LogP contribution in [-0.2, 0) is 4.74 Å². The van der Waals surface area contributed by atoms with Gasteiger partial charge in [-0.25, -0.2) is 0 Å². The van der Waals surface area contributed by atoms with Crippen molar-refractivity contribution in [1.29, 1.82) is 0 Å². The molecule has 2 aliphatic rings. The number of rotatable bonds is 1. The van der Waals surface area contributed by atoms with E-state index in [9.17, 15) is 0 Å². The minimum absolute atomic E-state index is 0.268. The summed E-state index contributed by atoms with van der Waals surface area (Å²) < 4.78 is 16.5. The van der Waals surface area contributed by atoms with Crippen molar-refractivity contribution < 1.29 is 14.2 Å². The highest BCUT2D eigenvalue weighted by Crippen LogP contribution is 2.32. The lowest BCUT2D eigenvalue weighted by molar-refractivity contribution is 0.0766. The molecule has 2 heterocycles. The smallest absolute Gasteiger partial charge is 0.161 e. The molecule has 0 radical (unpaired) electrons. The minimum atomic E-state index is 0.268. The number of hydrogen-bond acceptors (Lipinski definition) is 4. The highest BCUT2D eigenvalue weighted by Gasteiger charge is 2.18. The lowest BCUT2D eigenvalue weighted by atomic mass is 10.1. The third-order valence-electron chi connectivity index (χ3n) is 2.89. The second-order valence-electron chi connectivity index (χ2n) is 3.98. The van der Waals surface area contributed by atoms with E-state index in [-0.39, 0.29) is 6.04 Å². The standard InChI is InChI=1S/C12H15NO3/c1-2-11-12(16-6-5-15-11)7-9(1)10-8-14-4-3-13-10/h1-2,7,10,13H,3-6,8H2. The molecule has 0 saturated carbocycles. The van der Waals surface area contributed by atoms with Crippen molar-refractivity contribution in [2.45, 2.75) is 6.04 Å². The van der Waals surface area contributed by atoms with Crippen LogP contribution in [-0.4, -0.2) is 33.0 Å². The van der Waals surface area contributed by atoms with Gasteiger partial charge in [-0.1, -0.05) is 6.07 Å². The Morgan fingerprint density at radius 3 is 2.75 bits per heavy atom. The summed E-state index contributed by atoms with van der Waals surface area (Å²) in [6, 6.07) is 6.35. The van der Waals surface area contributed by atoms with Gasteiger partial charge in [0, 0.05) is 6.54 Å². The normalized spacial score (nSPS) is 24.1. The Hall–Kier alpha value is -1.26. The monoisotopic (exact) mass is 221 g/mol. The Bertz CT molecular complexity index is 375. The largest absolute Gasteiger partial charge is 0.486 e. The molecule has 4 heteroatoms. The second kappa shape index (κ2) is 4.31. The number of benzene rings is 1. The lowest BCUT2D eigenvalue weighted by Crippen LogP contribution is -2.34. The van der Waals surface area contributed by atoms with Gasteiger partial charge in [0.15, 0.2) is 11.5 Å². The highest BCUT2D eigenvalue weighted by atomic mass is 16.6.